The first-order valence-electron chi connectivity index (χ1n) is 8.78. The Morgan fingerprint density at radius 3 is 2.66 bits per heavy atom. The Labute approximate surface area is 176 Å². The molecule has 3 heterocycles. The number of para-hydroxylation sites is 1. The van der Waals surface area contributed by atoms with E-state index in [0.29, 0.717) is 34.8 Å². The van der Waals surface area contributed by atoms with Crippen LogP contribution in [0.2, 0.25) is 10.0 Å². The largest absolute Gasteiger partial charge is 0.299 e. The van der Waals surface area contributed by atoms with Crippen molar-refractivity contribution in [3.63, 3.8) is 0 Å². The highest BCUT2D eigenvalue weighted by molar-refractivity contribution is 7.93. The molecule has 6 nitrogen and oxygen atoms in total. The minimum atomic E-state index is -3.95. The van der Waals surface area contributed by atoms with E-state index >= 15 is 0 Å². The van der Waals surface area contributed by atoms with Gasteiger partial charge < -0.3 is 0 Å². The van der Waals surface area contributed by atoms with Gasteiger partial charge in [-0.2, -0.15) is 4.98 Å². The zero-order chi connectivity index (χ0) is 20.3. The van der Waals surface area contributed by atoms with Crippen molar-refractivity contribution in [3.05, 3.63) is 80.7 Å². The summed E-state index contributed by atoms with van der Waals surface area (Å²) in [6.07, 6.45) is 2.22. The van der Waals surface area contributed by atoms with Crippen molar-refractivity contribution in [1.29, 1.82) is 0 Å². The maximum Gasteiger partial charge on any atom is 0.281 e. The van der Waals surface area contributed by atoms with Crippen LogP contribution in [0.4, 0.5) is 5.69 Å². The van der Waals surface area contributed by atoms with Crippen LogP contribution in [-0.4, -0.2) is 24.3 Å². The summed E-state index contributed by atoms with van der Waals surface area (Å²) in [6.45, 7) is 0.320. The fourth-order valence-electron chi connectivity index (χ4n) is 3.70. The number of sulfonamides is 1. The molecule has 1 aliphatic heterocycles. The molecule has 0 bridgehead atoms. The molecule has 0 aliphatic carbocycles. The Morgan fingerprint density at radius 1 is 1.03 bits per heavy atom. The molecule has 0 spiro atoms. The molecule has 0 atom stereocenters. The van der Waals surface area contributed by atoms with Crippen molar-refractivity contribution in [2.45, 2.75) is 11.3 Å². The third-order valence-electron chi connectivity index (χ3n) is 5.06. The number of aromatic nitrogens is 2. The molecule has 29 heavy (non-hydrogen) atoms. The van der Waals surface area contributed by atoms with E-state index in [4.69, 9.17) is 23.2 Å². The third-order valence-corrected chi connectivity index (χ3v) is 7.56. The maximum atomic E-state index is 13.4. The molecule has 2 aromatic heterocycles. The van der Waals surface area contributed by atoms with Crippen molar-refractivity contribution in [2.24, 2.45) is 0 Å². The predicted molar refractivity (Wildman–Crippen MR) is 114 cm³/mol. The number of anilines is 1. The molecular weight excluding hydrogens is 433 g/mol. The lowest BCUT2D eigenvalue weighted by Crippen LogP contribution is -2.29. The highest BCUT2D eigenvalue weighted by Crippen LogP contribution is 2.36. The Morgan fingerprint density at radius 2 is 1.83 bits per heavy atom. The zero-order valence-electron chi connectivity index (χ0n) is 14.8. The van der Waals surface area contributed by atoms with E-state index in [1.54, 1.807) is 34.9 Å². The summed E-state index contributed by atoms with van der Waals surface area (Å²) >= 11 is 12.5. The molecule has 5 rings (SSSR count). The minimum Gasteiger partial charge on any atom is -0.299 e. The van der Waals surface area contributed by atoms with Crippen LogP contribution in [-0.2, 0) is 16.4 Å². The molecule has 146 valence electrons. The summed E-state index contributed by atoms with van der Waals surface area (Å²) in [7, 11) is -3.95. The lowest BCUT2D eigenvalue weighted by atomic mass is 10.2. The van der Waals surface area contributed by atoms with Gasteiger partial charge in [0.25, 0.3) is 15.6 Å². The molecule has 2 aromatic carbocycles. The van der Waals surface area contributed by atoms with Gasteiger partial charge in [-0.3, -0.25) is 13.5 Å². The second-order valence-corrected chi connectivity index (χ2v) is 9.42. The van der Waals surface area contributed by atoms with E-state index in [1.165, 1.54) is 16.4 Å². The Bertz CT molecular complexity index is 1480. The zero-order valence-corrected chi connectivity index (χ0v) is 17.2. The van der Waals surface area contributed by atoms with Gasteiger partial charge in [0, 0.05) is 12.7 Å². The number of hydrogen-bond acceptors (Lipinski definition) is 4. The predicted octanol–water partition coefficient (Wildman–Crippen LogP) is 3.91. The normalized spacial score (nSPS) is 13.9. The molecule has 0 fully saturated rings. The van der Waals surface area contributed by atoms with Crippen LogP contribution in [0.3, 0.4) is 0 Å². The van der Waals surface area contributed by atoms with Gasteiger partial charge in [-0.25, -0.2) is 8.42 Å². The van der Waals surface area contributed by atoms with E-state index in [2.05, 4.69) is 4.98 Å². The Balaban J connectivity index is 1.76. The van der Waals surface area contributed by atoms with Crippen molar-refractivity contribution >= 4 is 55.5 Å². The second-order valence-electron chi connectivity index (χ2n) is 6.75. The monoisotopic (exact) mass is 445 g/mol. The summed E-state index contributed by atoms with van der Waals surface area (Å²) in [5.74, 6) is 0. The van der Waals surface area contributed by atoms with Crippen LogP contribution in [0, 0.1) is 0 Å². The van der Waals surface area contributed by atoms with Crippen LogP contribution < -0.4 is 9.86 Å². The molecule has 1 aliphatic rings. The summed E-state index contributed by atoms with van der Waals surface area (Å²) in [5, 5.41) is 0.632. The number of halogens is 2. The number of nitrogens with zero attached hydrogens (tertiary/aromatic N) is 3. The van der Waals surface area contributed by atoms with Crippen molar-refractivity contribution < 1.29 is 8.42 Å². The van der Waals surface area contributed by atoms with Gasteiger partial charge in [0.05, 0.1) is 26.6 Å². The van der Waals surface area contributed by atoms with E-state index in [0.717, 1.165) is 5.56 Å². The third kappa shape index (κ3) is 2.80. The number of rotatable bonds is 2. The molecule has 0 radical (unpaired) electrons. The SMILES string of the molecule is O=c1nc2ccc(Cl)cn2c2cc(Cl)c(S(=O)(=O)N3CCc4ccccc43)cc12. The van der Waals surface area contributed by atoms with Gasteiger partial charge in [-0.05, 0) is 42.3 Å². The first-order valence-corrected chi connectivity index (χ1v) is 11.0. The summed E-state index contributed by atoms with van der Waals surface area (Å²) < 4.78 is 29.7. The molecule has 0 saturated heterocycles. The van der Waals surface area contributed by atoms with Gasteiger partial charge in [0.2, 0.25) is 0 Å². The molecule has 0 saturated carbocycles. The number of hydrogen-bond donors (Lipinski definition) is 0. The minimum absolute atomic E-state index is 0.0289. The molecule has 9 heteroatoms. The van der Waals surface area contributed by atoms with Crippen molar-refractivity contribution in [1.82, 2.24) is 9.38 Å². The lowest BCUT2D eigenvalue weighted by molar-refractivity contribution is 0.592. The summed E-state index contributed by atoms with van der Waals surface area (Å²) in [6, 6.07) is 13.3. The topological polar surface area (TPSA) is 71.8 Å². The lowest BCUT2D eigenvalue weighted by Gasteiger charge is -2.20. The molecule has 0 N–H and O–H groups in total. The fraction of sp³-hybridized carbons (Fsp3) is 0.100. The van der Waals surface area contributed by atoms with Crippen LogP contribution in [0.5, 0.6) is 0 Å². The smallest absolute Gasteiger partial charge is 0.281 e. The van der Waals surface area contributed by atoms with Gasteiger partial charge in [-0.15, -0.1) is 0 Å². The van der Waals surface area contributed by atoms with Crippen molar-refractivity contribution in [2.75, 3.05) is 10.8 Å². The maximum absolute atomic E-state index is 13.4. The summed E-state index contributed by atoms with van der Waals surface area (Å²) in [4.78, 5) is 16.5. The van der Waals surface area contributed by atoms with E-state index < -0.39 is 15.6 Å². The van der Waals surface area contributed by atoms with Crippen LogP contribution in [0.1, 0.15) is 5.56 Å². The number of benzene rings is 2. The van der Waals surface area contributed by atoms with Crippen LogP contribution in [0.25, 0.3) is 16.6 Å². The van der Waals surface area contributed by atoms with Gasteiger partial charge in [0.15, 0.2) is 0 Å². The molecule has 0 amide bonds. The molecule has 4 aromatic rings. The first kappa shape index (κ1) is 18.4. The number of fused-ring (bicyclic) bond motifs is 4. The van der Waals surface area contributed by atoms with Crippen molar-refractivity contribution in [3.8, 4) is 0 Å². The van der Waals surface area contributed by atoms with Crippen LogP contribution >= 0.6 is 23.2 Å². The molecule has 0 unspecified atom stereocenters. The Hall–Kier alpha value is -2.61. The number of pyridine rings is 1. The van der Waals surface area contributed by atoms with Gasteiger partial charge in [-0.1, -0.05) is 41.4 Å². The standard InChI is InChI=1S/C20H13Cl2N3O3S/c21-13-5-6-19-23-20(26)14-9-18(15(22)10-17(14)24(19)11-13)29(27,28)25-8-7-12-3-1-2-4-16(12)25/h1-6,9-11H,7-8H2. The first-order chi connectivity index (χ1) is 13.9. The van der Waals surface area contributed by atoms with Crippen LogP contribution in [0.15, 0.2) is 64.4 Å². The fourth-order valence-corrected chi connectivity index (χ4v) is 5.89. The average Bonchev–Trinajstić information content (AvgIpc) is 3.13. The summed E-state index contributed by atoms with van der Waals surface area (Å²) in [5.41, 5.74) is 1.89. The van der Waals surface area contributed by atoms with E-state index in [9.17, 15) is 13.2 Å². The average molecular weight is 446 g/mol. The van der Waals surface area contributed by atoms with Gasteiger partial charge in [0.1, 0.15) is 10.5 Å². The van der Waals surface area contributed by atoms with E-state index in [-0.39, 0.29) is 15.3 Å². The molecular formula is C20H13Cl2N3O3S. The quantitative estimate of drug-likeness (QED) is 0.438. The van der Waals surface area contributed by atoms with E-state index in [1.807, 2.05) is 12.1 Å². The highest BCUT2D eigenvalue weighted by atomic mass is 35.5. The second kappa shape index (κ2) is 6.45. The highest BCUT2D eigenvalue weighted by Gasteiger charge is 2.32. The Kier molecular flexibility index (Phi) is 4.10. The van der Waals surface area contributed by atoms with Gasteiger partial charge >= 0.3 is 0 Å².